The Morgan fingerprint density at radius 1 is 1.37 bits per heavy atom. The van der Waals surface area contributed by atoms with Crippen molar-refractivity contribution >= 4 is 11.5 Å². The number of dihydropyridines is 1. The quantitative estimate of drug-likeness (QED) is 0.824. The molecule has 0 aromatic heterocycles. The van der Waals surface area contributed by atoms with Crippen LogP contribution < -0.4 is 10.1 Å². The van der Waals surface area contributed by atoms with Crippen molar-refractivity contribution in [2.24, 2.45) is 0 Å². The predicted octanol–water partition coefficient (Wildman–Crippen LogP) is 2.35. The number of carbonyl (C=O) groups is 1. The van der Waals surface area contributed by atoms with Gasteiger partial charge < -0.3 is 14.8 Å². The molecule has 0 atom stereocenters. The molecule has 4 nitrogen and oxygen atoms in total. The van der Waals surface area contributed by atoms with Gasteiger partial charge in [-0.15, -0.1) is 0 Å². The molecule has 0 saturated carbocycles. The molecule has 0 amide bonds. The summed E-state index contributed by atoms with van der Waals surface area (Å²) in [6, 6.07) is 7.71. The topological polar surface area (TPSA) is 47.6 Å². The molecule has 2 aliphatic rings. The molecule has 96 valence electrons. The molecule has 0 fully saturated rings. The first-order valence-electron chi connectivity index (χ1n) is 6.11. The van der Waals surface area contributed by atoms with Gasteiger partial charge in [-0.2, -0.15) is 0 Å². The Kier molecular flexibility index (Phi) is 2.83. The number of ether oxygens (including phenoxy) is 2. The Morgan fingerprint density at radius 2 is 2.21 bits per heavy atom. The second kappa shape index (κ2) is 4.65. The van der Waals surface area contributed by atoms with Crippen LogP contribution in [-0.2, 0) is 9.53 Å². The van der Waals surface area contributed by atoms with Crippen LogP contribution in [0.25, 0.3) is 5.57 Å². The Labute approximate surface area is 111 Å². The number of fused-ring (bicyclic) bond motifs is 3. The maximum atomic E-state index is 11.8. The third-order valence-electron chi connectivity index (χ3n) is 2.97. The minimum atomic E-state index is -0.328. The van der Waals surface area contributed by atoms with Crippen LogP contribution in [0.5, 0.6) is 5.75 Å². The molecular weight excluding hydrogens is 242 g/mol. The zero-order chi connectivity index (χ0) is 13.2. The lowest BCUT2D eigenvalue weighted by Gasteiger charge is -2.23. The van der Waals surface area contributed by atoms with E-state index in [4.69, 9.17) is 9.47 Å². The highest BCUT2D eigenvalue weighted by Crippen LogP contribution is 2.36. The van der Waals surface area contributed by atoms with E-state index in [1.54, 1.807) is 19.4 Å². The molecule has 0 aliphatic carbocycles. The summed E-state index contributed by atoms with van der Waals surface area (Å²) in [6.45, 7) is 2.15. The van der Waals surface area contributed by atoms with E-state index in [-0.39, 0.29) is 5.97 Å². The minimum Gasteiger partial charge on any atom is -0.462 e. The summed E-state index contributed by atoms with van der Waals surface area (Å²) in [5, 5.41) is 3.06. The number of carbonyl (C=O) groups excluding carboxylic acids is 1. The Hall–Kier alpha value is -2.49. The van der Waals surface area contributed by atoms with Crippen LogP contribution in [0.2, 0.25) is 0 Å². The molecule has 1 aromatic carbocycles. The first-order chi connectivity index (χ1) is 9.29. The molecule has 4 heteroatoms. The van der Waals surface area contributed by atoms with Crippen LogP contribution in [0, 0.1) is 0 Å². The summed E-state index contributed by atoms with van der Waals surface area (Å²) < 4.78 is 10.5. The van der Waals surface area contributed by atoms with Gasteiger partial charge in [0.1, 0.15) is 12.0 Å². The lowest BCUT2D eigenvalue weighted by Crippen LogP contribution is -2.20. The zero-order valence-corrected chi connectivity index (χ0v) is 10.5. The standard InChI is InChI=1S/C15H13NO3/c1-2-18-15(17)10-7-12-11-5-3-4-6-14(11)19-9-13(12)16-8-10/h3-9,16H,2H2,1H3. The molecule has 0 unspecified atom stereocenters. The Balaban J connectivity index is 2.00. The van der Waals surface area contributed by atoms with Crippen LogP contribution in [0.15, 0.2) is 54.1 Å². The number of rotatable bonds is 2. The van der Waals surface area contributed by atoms with Crippen molar-refractivity contribution in [2.75, 3.05) is 6.61 Å². The van der Waals surface area contributed by atoms with Gasteiger partial charge in [-0.3, -0.25) is 0 Å². The van der Waals surface area contributed by atoms with Gasteiger partial charge >= 0.3 is 5.97 Å². The van der Waals surface area contributed by atoms with Crippen molar-refractivity contribution in [3.63, 3.8) is 0 Å². The summed E-state index contributed by atoms with van der Waals surface area (Å²) in [7, 11) is 0. The Bertz CT molecular complexity index is 626. The highest BCUT2D eigenvalue weighted by Gasteiger charge is 2.23. The van der Waals surface area contributed by atoms with Crippen LogP contribution in [-0.4, -0.2) is 12.6 Å². The average molecular weight is 255 g/mol. The first kappa shape index (κ1) is 11.6. The van der Waals surface area contributed by atoms with Gasteiger partial charge in [-0.1, -0.05) is 18.2 Å². The number of allylic oxidation sites excluding steroid dienone is 1. The molecule has 19 heavy (non-hydrogen) atoms. The molecule has 2 heterocycles. The molecule has 2 aliphatic heterocycles. The molecular formula is C15H13NO3. The second-order valence-corrected chi connectivity index (χ2v) is 4.17. The first-order valence-corrected chi connectivity index (χ1v) is 6.11. The molecule has 0 saturated heterocycles. The van der Waals surface area contributed by atoms with E-state index >= 15 is 0 Å². The fraction of sp³-hybridized carbons (Fsp3) is 0.133. The lowest BCUT2D eigenvalue weighted by molar-refractivity contribution is -0.138. The number of nitrogens with one attached hydrogen (secondary N) is 1. The van der Waals surface area contributed by atoms with E-state index in [1.165, 1.54) is 0 Å². The normalized spacial score (nSPS) is 15.7. The van der Waals surface area contributed by atoms with Crippen LogP contribution in [0.4, 0.5) is 0 Å². The van der Waals surface area contributed by atoms with Crippen molar-refractivity contribution in [1.82, 2.24) is 5.32 Å². The van der Waals surface area contributed by atoms with Gasteiger partial charge in [0.25, 0.3) is 0 Å². The van der Waals surface area contributed by atoms with E-state index in [2.05, 4.69) is 5.32 Å². The fourth-order valence-corrected chi connectivity index (χ4v) is 2.08. The third-order valence-corrected chi connectivity index (χ3v) is 2.97. The molecule has 0 bridgehead atoms. The second-order valence-electron chi connectivity index (χ2n) is 4.17. The summed E-state index contributed by atoms with van der Waals surface area (Å²) in [4.78, 5) is 11.8. The molecule has 1 aromatic rings. The summed E-state index contributed by atoms with van der Waals surface area (Å²) in [5.74, 6) is 0.454. The van der Waals surface area contributed by atoms with Crippen LogP contribution >= 0.6 is 0 Å². The van der Waals surface area contributed by atoms with E-state index < -0.39 is 0 Å². The minimum absolute atomic E-state index is 0.328. The number of esters is 1. The van der Waals surface area contributed by atoms with Gasteiger partial charge in [0.05, 0.1) is 17.9 Å². The smallest absolute Gasteiger partial charge is 0.339 e. The maximum Gasteiger partial charge on any atom is 0.339 e. The summed E-state index contributed by atoms with van der Waals surface area (Å²) in [5.41, 5.74) is 3.24. The Morgan fingerprint density at radius 3 is 3.05 bits per heavy atom. The highest BCUT2D eigenvalue weighted by molar-refractivity contribution is 5.98. The average Bonchev–Trinajstić information content (AvgIpc) is 2.47. The summed E-state index contributed by atoms with van der Waals surface area (Å²) >= 11 is 0. The fourth-order valence-electron chi connectivity index (χ4n) is 2.08. The van der Waals surface area contributed by atoms with E-state index in [1.807, 2.05) is 30.3 Å². The van der Waals surface area contributed by atoms with Gasteiger partial charge in [0, 0.05) is 17.3 Å². The molecule has 0 radical (unpaired) electrons. The van der Waals surface area contributed by atoms with Crippen molar-refractivity contribution in [3.05, 3.63) is 59.6 Å². The van der Waals surface area contributed by atoms with Gasteiger partial charge in [-0.05, 0) is 19.1 Å². The molecule has 0 spiro atoms. The van der Waals surface area contributed by atoms with E-state index in [0.717, 1.165) is 22.6 Å². The van der Waals surface area contributed by atoms with Gasteiger partial charge in [0.2, 0.25) is 0 Å². The van der Waals surface area contributed by atoms with Gasteiger partial charge in [0.15, 0.2) is 0 Å². The largest absolute Gasteiger partial charge is 0.462 e. The maximum absolute atomic E-state index is 11.8. The van der Waals surface area contributed by atoms with Gasteiger partial charge in [-0.25, -0.2) is 4.79 Å². The zero-order valence-electron chi connectivity index (χ0n) is 10.5. The van der Waals surface area contributed by atoms with Crippen molar-refractivity contribution in [1.29, 1.82) is 0 Å². The number of benzene rings is 1. The summed E-state index contributed by atoms with van der Waals surface area (Å²) in [6.07, 6.45) is 5.10. The van der Waals surface area contributed by atoms with Crippen molar-refractivity contribution in [3.8, 4) is 5.75 Å². The van der Waals surface area contributed by atoms with Crippen molar-refractivity contribution in [2.45, 2.75) is 6.92 Å². The van der Waals surface area contributed by atoms with Crippen LogP contribution in [0.1, 0.15) is 12.5 Å². The highest BCUT2D eigenvalue weighted by atomic mass is 16.5. The molecule has 3 rings (SSSR count). The van der Waals surface area contributed by atoms with Crippen LogP contribution in [0.3, 0.4) is 0 Å². The van der Waals surface area contributed by atoms with Crippen molar-refractivity contribution < 1.29 is 14.3 Å². The van der Waals surface area contributed by atoms with E-state index in [0.29, 0.717) is 12.2 Å². The lowest BCUT2D eigenvalue weighted by atomic mass is 9.96. The monoisotopic (exact) mass is 255 g/mol. The number of hydrogen-bond acceptors (Lipinski definition) is 4. The third kappa shape index (κ3) is 2.01. The van der Waals surface area contributed by atoms with E-state index in [9.17, 15) is 4.79 Å². The number of para-hydroxylation sites is 1. The predicted molar refractivity (Wildman–Crippen MR) is 71.0 cm³/mol. The molecule has 1 N–H and O–H groups in total. The number of hydrogen-bond donors (Lipinski definition) is 1. The SMILES string of the molecule is CCOC(=O)C1=CNC2=COc3ccccc3C2=C1.